The average Bonchev–Trinajstić information content (AvgIpc) is 3.12. The van der Waals surface area contributed by atoms with Crippen molar-refractivity contribution in [1.82, 2.24) is 19.7 Å². The van der Waals surface area contributed by atoms with E-state index in [4.69, 9.17) is 5.73 Å². The van der Waals surface area contributed by atoms with Crippen molar-refractivity contribution in [2.24, 2.45) is 5.73 Å². The van der Waals surface area contributed by atoms with E-state index in [1.165, 1.54) is 30.2 Å². The Morgan fingerprint density at radius 1 is 1.07 bits per heavy atom. The summed E-state index contributed by atoms with van der Waals surface area (Å²) >= 11 is 1.25. The van der Waals surface area contributed by atoms with Crippen molar-refractivity contribution in [3.8, 4) is 5.69 Å². The highest BCUT2D eigenvalue weighted by molar-refractivity contribution is 8.00. The molecule has 0 bridgehead atoms. The van der Waals surface area contributed by atoms with E-state index in [1.54, 1.807) is 23.0 Å². The highest BCUT2D eigenvalue weighted by Gasteiger charge is 2.22. The predicted molar refractivity (Wildman–Crippen MR) is 101 cm³/mol. The molecule has 0 radical (unpaired) electrons. The van der Waals surface area contributed by atoms with Gasteiger partial charge in [0.2, 0.25) is 5.91 Å². The third kappa shape index (κ3) is 3.39. The van der Waals surface area contributed by atoms with Crippen molar-refractivity contribution in [2.75, 3.05) is 0 Å². The number of fused-ring (bicyclic) bond motifs is 1. The molecule has 4 aromatic rings. The molecule has 8 heteroatoms. The van der Waals surface area contributed by atoms with E-state index in [2.05, 4.69) is 15.1 Å². The van der Waals surface area contributed by atoms with Crippen LogP contribution in [-0.2, 0) is 4.79 Å². The minimum atomic E-state index is -0.585. The quantitative estimate of drug-likeness (QED) is 0.425. The molecule has 2 heterocycles. The molecule has 2 N–H and O–H groups in total. The second-order valence-corrected chi connectivity index (χ2v) is 6.85. The second kappa shape index (κ2) is 7.16. The summed E-state index contributed by atoms with van der Waals surface area (Å²) in [6.45, 7) is 0. The zero-order valence-corrected chi connectivity index (χ0v) is 14.8. The SMILES string of the molecule is NC(=O)C(Sc1ncnc2c1cnn2-c1ccc(F)cc1)c1ccccc1. The minimum Gasteiger partial charge on any atom is -0.368 e. The number of amides is 1. The van der Waals surface area contributed by atoms with E-state index >= 15 is 0 Å². The fraction of sp³-hybridized carbons (Fsp3) is 0.0526. The number of thioether (sulfide) groups is 1. The standard InChI is InChI=1S/C19H14FN5OS/c20-13-6-8-14(9-7-13)25-18-15(10-24-25)19(23-11-22-18)27-16(17(21)26)12-4-2-1-3-5-12/h1-11,16H,(H2,21,26). The summed E-state index contributed by atoms with van der Waals surface area (Å²) in [7, 11) is 0. The van der Waals surface area contributed by atoms with Gasteiger partial charge in [0, 0.05) is 0 Å². The van der Waals surface area contributed by atoms with Crippen molar-refractivity contribution in [3.63, 3.8) is 0 Å². The lowest BCUT2D eigenvalue weighted by atomic mass is 10.1. The van der Waals surface area contributed by atoms with Crippen molar-refractivity contribution >= 4 is 28.7 Å². The van der Waals surface area contributed by atoms with Crippen LogP contribution in [0.15, 0.2) is 72.1 Å². The number of hydrogen-bond acceptors (Lipinski definition) is 5. The zero-order chi connectivity index (χ0) is 18.8. The Morgan fingerprint density at radius 3 is 2.52 bits per heavy atom. The third-order valence-corrected chi connectivity index (χ3v) is 5.28. The van der Waals surface area contributed by atoms with E-state index in [0.717, 1.165) is 5.56 Å². The van der Waals surface area contributed by atoms with Gasteiger partial charge in [0.15, 0.2) is 5.65 Å². The molecule has 1 amide bonds. The molecule has 0 aliphatic heterocycles. The number of nitrogens with zero attached hydrogens (tertiary/aromatic N) is 4. The molecule has 1 atom stereocenters. The van der Waals surface area contributed by atoms with E-state index < -0.39 is 11.2 Å². The van der Waals surface area contributed by atoms with Crippen molar-refractivity contribution in [3.05, 3.63) is 78.5 Å². The Bertz CT molecular complexity index is 1100. The Labute approximate surface area is 158 Å². The normalized spacial score (nSPS) is 12.2. The van der Waals surface area contributed by atoms with Gasteiger partial charge < -0.3 is 5.73 Å². The van der Waals surface area contributed by atoms with Gasteiger partial charge >= 0.3 is 0 Å². The van der Waals surface area contributed by atoms with Gasteiger partial charge in [-0.05, 0) is 29.8 Å². The number of benzene rings is 2. The molecule has 2 aromatic heterocycles. The maximum atomic E-state index is 13.2. The van der Waals surface area contributed by atoms with Gasteiger partial charge in [-0.15, -0.1) is 0 Å². The summed E-state index contributed by atoms with van der Waals surface area (Å²) < 4.78 is 14.8. The summed E-state index contributed by atoms with van der Waals surface area (Å²) in [6.07, 6.45) is 3.04. The fourth-order valence-electron chi connectivity index (χ4n) is 2.72. The second-order valence-electron chi connectivity index (χ2n) is 5.76. The first kappa shape index (κ1) is 17.2. The lowest BCUT2D eigenvalue weighted by Gasteiger charge is -2.13. The number of carbonyl (C=O) groups is 1. The fourth-order valence-corrected chi connectivity index (χ4v) is 3.73. The predicted octanol–water partition coefficient (Wildman–Crippen LogP) is 3.27. The first-order chi connectivity index (χ1) is 13.1. The number of carbonyl (C=O) groups excluding carboxylic acids is 1. The number of rotatable bonds is 5. The number of nitrogens with two attached hydrogens (primary N) is 1. The number of aromatic nitrogens is 4. The number of primary amides is 1. The molecule has 134 valence electrons. The van der Waals surface area contributed by atoms with Crippen LogP contribution in [0.25, 0.3) is 16.7 Å². The van der Waals surface area contributed by atoms with Crippen molar-refractivity contribution in [2.45, 2.75) is 10.3 Å². The van der Waals surface area contributed by atoms with E-state index in [-0.39, 0.29) is 5.82 Å². The van der Waals surface area contributed by atoms with Crippen LogP contribution in [0.4, 0.5) is 4.39 Å². The molecule has 27 heavy (non-hydrogen) atoms. The van der Waals surface area contributed by atoms with Crippen molar-refractivity contribution in [1.29, 1.82) is 0 Å². The van der Waals surface area contributed by atoms with Gasteiger partial charge in [0.1, 0.15) is 22.4 Å². The maximum Gasteiger partial charge on any atom is 0.235 e. The molecule has 1 unspecified atom stereocenters. The number of halogens is 1. The summed E-state index contributed by atoms with van der Waals surface area (Å²) in [5, 5.41) is 5.05. The largest absolute Gasteiger partial charge is 0.368 e. The van der Waals surface area contributed by atoms with Crippen LogP contribution < -0.4 is 5.73 Å². The van der Waals surface area contributed by atoms with E-state index in [1.807, 2.05) is 30.3 Å². The third-order valence-electron chi connectivity index (χ3n) is 3.99. The monoisotopic (exact) mass is 379 g/mol. The molecular weight excluding hydrogens is 365 g/mol. The molecule has 0 saturated heterocycles. The summed E-state index contributed by atoms with van der Waals surface area (Å²) in [5.41, 5.74) is 7.65. The molecule has 0 fully saturated rings. The number of hydrogen-bond donors (Lipinski definition) is 1. The Kier molecular flexibility index (Phi) is 4.55. The van der Waals surface area contributed by atoms with Gasteiger partial charge in [0.05, 0.1) is 17.3 Å². The molecule has 6 nitrogen and oxygen atoms in total. The van der Waals surface area contributed by atoms with Crippen LogP contribution in [0.5, 0.6) is 0 Å². The maximum absolute atomic E-state index is 13.2. The first-order valence-corrected chi connectivity index (χ1v) is 8.97. The lowest BCUT2D eigenvalue weighted by molar-refractivity contribution is -0.117. The molecule has 0 saturated carbocycles. The van der Waals surface area contributed by atoms with Crippen LogP contribution >= 0.6 is 11.8 Å². The minimum absolute atomic E-state index is 0.326. The Morgan fingerprint density at radius 2 is 1.81 bits per heavy atom. The topological polar surface area (TPSA) is 86.7 Å². The van der Waals surface area contributed by atoms with Crippen LogP contribution in [0.1, 0.15) is 10.8 Å². The highest BCUT2D eigenvalue weighted by Crippen LogP contribution is 2.37. The highest BCUT2D eigenvalue weighted by atomic mass is 32.2. The molecule has 0 spiro atoms. The van der Waals surface area contributed by atoms with Gasteiger partial charge in [-0.25, -0.2) is 19.0 Å². The average molecular weight is 379 g/mol. The summed E-state index contributed by atoms with van der Waals surface area (Å²) in [4.78, 5) is 20.6. The lowest BCUT2D eigenvalue weighted by Crippen LogP contribution is -2.19. The van der Waals surface area contributed by atoms with Crippen LogP contribution in [0.3, 0.4) is 0 Å². The molecule has 2 aromatic carbocycles. The molecule has 4 rings (SSSR count). The Hall–Kier alpha value is -3.26. The smallest absolute Gasteiger partial charge is 0.235 e. The molecular formula is C19H14FN5OS. The van der Waals surface area contributed by atoms with Gasteiger partial charge in [-0.3, -0.25) is 4.79 Å². The van der Waals surface area contributed by atoms with Crippen LogP contribution in [0, 0.1) is 5.82 Å². The van der Waals surface area contributed by atoms with Gasteiger partial charge in [0.25, 0.3) is 0 Å². The summed E-state index contributed by atoms with van der Waals surface area (Å²) in [5.74, 6) is -0.780. The van der Waals surface area contributed by atoms with E-state index in [0.29, 0.717) is 21.7 Å². The first-order valence-electron chi connectivity index (χ1n) is 8.09. The van der Waals surface area contributed by atoms with Crippen molar-refractivity contribution < 1.29 is 9.18 Å². The zero-order valence-electron chi connectivity index (χ0n) is 14.0. The summed E-state index contributed by atoms with van der Waals surface area (Å²) in [6, 6.07) is 15.2. The molecule has 0 aliphatic carbocycles. The molecule has 0 aliphatic rings. The Balaban J connectivity index is 1.74. The van der Waals surface area contributed by atoms with E-state index in [9.17, 15) is 9.18 Å². The van der Waals surface area contributed by atoms with Crippen LogP contribution in [-0.4, -0.2) is 25.7 Å². The van der Waals surface area contributed by atoms with Gasteiger partial charge in [-0.1, -0.05) is 42.1 Å². The van der Waals surface area contributed by atoms with Gasteiger partial charge in [-0.2, -0.15) is 5.10 Å². The van der Waals surface area contributed by atoms with Crippen LogP contribution in [0.2, 0.25) is 0 Å².